The molecule has 0 aromatic heterocycles. The fourth-order valence-corrected chi connectivity index (χ4v) is 12.3. The summed E-state index contributed by atoms with van der Waals surface area (Å²) in [6, 6.07) is 20.8. The average molecular weight is 1120 g/mol. The van der Waals surface area contributed by atoms with E-state index in [1.807, 2.05) is 55.9 Å². The van der Waals surface area contributed by atoms with Crippen LogP contribution in [0.3, 0.4) is 0 Å². The van der Waals surface area contributed by atoms with E-state index in [0.29, 0.717) is 93.7 Å². The highest BCUT2D eigenvalue weighted by Gasteiger charge is 2.42. The number of carbonyl (C=O) groups excluding carboxylic acids is 6. The van der Waals surface area contributed by atoms with Crippen molar-refractivity contribution in [2.75, 3.05) is 83.9 Å². The molecular formula is C55H78N8O13S2. The first-order chi connectivity index (χ1) is 37.6. The normalized spacial score (nSPS) is 18.6. The monoisotopic (exact) mass is 1120 g/mol. The molecule has 0 unspecified atom stereocenters. The van der Waals surface area contributed by atoms with Gasteiger partial charge in [0.25, 0.3) is 11.8 Å². The summed E-state index contributed by atoms with van der Waals surface area (Å²) in [5.41, 5.74) is 7.86. The lowest BCUT2D eigenvalue weighted by atomic mass is 10.0. The van der Waals surface area contributed by atoms with E-state index in [-0.39, 0.29) is 92.3 Å². The molecule has 6 rings (SSSR count). The molecule has 3 saturated heterocycles. The highest BCUT2D eigenvalue weighted by Crippen LogP contribution is 2.33. The maximum atomic E-state index is 14.2. The molecular weight excluding hydrogens is 1040 g/mol. The summed E-state index contributed by atoms with van der Waals surface area (Å²) in [4.78, 5) is 76.5. The summed E-state index contributed by atoms with van der Waals surface area (Å²) in [5, 5.41) is 17.8. The van der Waals surface area contributed by atoms with Crippen molar-refractivity contribution in [1.82, 2.24) is 36.2 Å². The first-order valence-electron chi connectivity index (χ1n) is 27.1. The number of carbonyl (C=O) groups is 6. The molecule has 3 aromatic rings. The number of alkyl carbamates (subject to hydrolysis) is 1. The Kier molecular flexibility index (Phi) is 25.3. The van der Waals surface area contributed by atoms with Crippen LogP contribution in [0.25, 0.3) is 0 Å². The molecule has 78 heavy (non-hydrogen) atoms. The van der Waals surface area contributed by atoms with Gasteiger partial charge in [-0.15, -0.1) is 0 Å². The number of hydrogen-bond donors (Lipinski definition) is 7. The van der Waals surface area contributed by atoms with Crippen molar-refractivity contribution in [1.29, 1.82) is 0 Å². The molecule has 6 atom stereocenters. The van der Waals surface area contributed by atoms with Crippen molar-refractivity contribution in [2.24, 2.45) is 5.92 Å². The van der Waals surface area contributed by atoms with Crippen molar-refractivity contribution in [2.45, 2.75) is 119 Å². The summed E-state index contributed by atoms with van der Waals surface area (Å²) in [6.45, 7) is 6.61. The number of nitrogens with two attached hydrogens (primary N) is 1. The molecule has 0 saturated carbocycles. The third-order valence-corrected chi connectivity index (χ3v) is 16.6. The van der Waals surface area contributed by atoms with Gasteiger partial charge in [-0.2, -0.15) is 16.1 Å². The molecule has 428 valence electrons. The van der Waals surface area contributed by atoms with Gasteiger partial charge in [-0.05, 0) is 92.1 Å². The van der Waals surface area contributed by atoms with Gasteiger partial charge in [0.2, 0.25) is 15.9 Å². The van der Waals surface area contributed by atoms with Crippen LogP contribution in [0.1, 0.15) is 97.9 Å². The lowest BCUT2D eigenvalue weighted by molar-refractivity contribution is -0.151. The van der Waals surface area contributed by atoms with Gasteiger partial charge in [0.15, 0.2) is 0 Å². The minimum absolute atomic E-state index is 0.000258. The van der Waals surface area contributed by atoms with Crippen molar-refractivity contribution in [3.05, 3.63) is 95.6 Å². The molecule has 23 heteroatoms. The summed E-state index contributed by atoms with van der Waals surface area (Å²) < 4.78 is 57.9. The van der Waals surface area contributed by atoms with E-state index in [2.05, 4.69) is 31.9 Å². The Labute approximate surface area is 462 Å². The van der Waals surface area contributed by atoms with Gasteiger partial charge < -0.3 is 61.3 Å². The molecule has 3 aliphatic rings. The van der Waals surface area contributed by atoms with Crippen LogP contribution < -0.4 is 37.6 Å². The zero-order valence-corrected chi connectivity index (χ0v) is 46.4. The molecule has 21 nitrogen and oxygen atoms in total. The van der Waals surface area contributed by atoms with Crippen LogP contribution >= 0.6 is 11.8 Å². The predicted molar refractivity (Wildman–Crippen MR) is 295 cm³/mol. The van der Waals surface area contributed by atoms with Gasteiger partial charge in [-0.3, -0.25) is 19.2 Å². The second-order valence-electron chi connectivity index (χ2n) is 20.0. The Morgan fingerprint density at radius 1 is 0.782 bits per heavy atom. The summed E-state index contributed by atoms with van der Waals surface area (Å²) in [7, 11) is -4.12. The molecule has 0 aliphatic carbocycles. The van der Waals surface area contributed by atoms with Crippen LogP contribution in [-0.2, 0) is 49.7 Å². The fraction of sp³-hybridized carbons (Fsp3) is 0.564. The smallest absolute Gasteiger partial charge is 0.407 e. The minimum Gasteiger partial charge on any atom is -0.459 e. The van der Waals surface area contributed by atoms with E-state index in [4.69, 9.17) is 29.4 Å². The largest absolute Gasteiger partial charge is 0.459 e. The Bertz CT molecular complexity index is 2490. The van der Waals surface area contributed by atoms with Crippen LogP contribution in [0, 0.1) is 5.92 Å². The predicted octanol–water partition coefficient (Wildman–Crippen LogP) is 4.55. The van der Waals surface area contributed by atoms with E-state index in [1.54, 1.807) is 24.3 Å². The highest BCUT2D eigenvalue weighted by molar-refractivity contribution is 8.00. The van der Waals surface area contributed by atoms with Crippen molar-refractivity contribution < 1.29 is 60.9 Å². The molecule has 0 bridgehead atoms. The third-order valence-electron chi connectivity index (χ3n) is 13.3. The quantitative estimate of drug-likeness (QED) is 0.0187. The Balaban J connectivity index is 0.867. The fourth-order valence-electron chi connectivity index (χ4n) is 9.16. The molecule has 0 radical (unpaired) electrons. The average Bonchev–Trinajstić information content (AvgIpc) is 4.20. The Morgan fingerprint density at radius 3 is 2.12 bits per heavy atom. The van der Waals surface area contributed by atoms with Crippen LogP contribution in [0.4, 0.5) is 15.3 Å². The minimum atomic E-state index is -4.12. The second kappa shape index (κ2) is 32.2. The van der Waals surface area contributed by atoms with Crippen LogP contribution in [-0.4, -0.2) is 162 Å². The summed E-state index contributed by atoms with van der Waals surface area (Å²) in [6.07, 6.45) is 3.08. The summed E-state index contributed by atoms with van der Waals surface area (Å²) >= 11 is 1.87. The number of thioether (sulfide) groups is 1. The zero-order valence-electron chi connectivity index (χ0n) is 44.8. The number of rotatable bonds is 34. The summed E-state index contributed by atoms with van der Waals surface area (Å²) in [5.74, 6) is -0.412. The van der Waals surface area contributed by atoms with Gasteiger partial charge in [0, 0.05) is 73.3 Å². The van der Waals surface area contributed by atoms with Gasteiger partial charge in [0.1, 0.15) is 12.2 Å². The standard InChI is InChI=1S/C55H78N8O13S2/c1-38(2)34-63(78(70,71)44-22-20-42(56)21-23-44)35-47(45(33-39-11-5-3-6-12-39)61-55(69)75-43-24-28-74-36-43)76-50(65)15-7-4-10-25-58-52(66)40-16-18-41(19-17-40)53(67)59-27-30-73-32-31-72-29-26-57-49(64)14-9-8-13-48-51-46(37-77-48)60-54(68)62-51/h3,5-6,11-12,16-23,38,43,45-48,51H,4,7-10,13-15,24-37,56H2,1-2H3,(H,57,64)(H,58,66)(H,59,67)(H,61,69)(H2,60,62,68)/t43-,45-,46-,47+,48-,51-/m0/s1. The molecule has 3 aromatic carbocycles. The van der Waals surface area contributed by atoms with E-state index in [0.717, 1.165) is 30.6 Å². The number of esters is 1. The number of sulfonamides is 1. The number of anilines is 1. The van der Waals surface area contributed by atoms with Crippen LogP contribution in [0.2, 0.25) is 0 Å². The molecule has 3 heterocycles. The Hall–Kier alpha value is -5.98. The number of nitrogen functional groups attached to an aromatic ring is 1. The number of amides is 6. The molecule has 3 fully saturated rings. The zero-order chi connectivity index (χ0) is 55.7. The first-order valence-corrected chi connectivity index (χ1v) is 29.5. The lowest BCUT2D eigenvalue weighted by Crippen LogP contribution is -2.53. The maximum Gasteiger partial charge on any atom is 0.407 e. The van der Waals surface area contributed by atoms with E-state index >= 15 is 0 Å². The highest BCUT2D eigenvalue weighted by atomic mass is 32.2. The number of unbranched alkanes of at least 4 members (excludes halogenated alkanes) is 3. The van der Waals surface area contributed by atoms with E-state index < -0.39 is 40.3 Å². The van der Waals surface area contributed by atoms with E-state index in [9.17, 15) is 37.2 Å². The topological polar surface area (TPSA) is 284 Å². The van der Waals surface area contributed by atoms with Gasteiger partial charge in [-0.1, -0.05) is 57.0 Å². The van der Waals surface area contributed by atoms with Crippen molar-refractivity contribution in [3.63, 3.8) is 0 Å². The maximum absolute atomic E-state index is 14.2. The molecule has 3 aliphatic heterocycles. The SMILES string of the molecule is CC(C)CN(C[C@@H](OC(=O)CCCCCNC(=O)c1ccc(C(=O)NCCOCCOCCNC(=O)CCCC[C@@H]2SC[C@@H]3NC(=O)N[C@@H]32)cc1)[C@H](Cc1ccccc1)NC(=O)O[C@H]1CCOC1)S(=O)(=O)c1ccc(N)cc1. The van der Waals surface area contributed by atoms with Gasteiger partial charge >= 0.3 is 18.1 Å². The molecule has 6 amide bonds. The number of nitrogens with zero attached hydrogens (tertiary/aromatic N) is 1. The number of fused-ring (bicyclic) bond motifs is 1. The number of nitrogens with one attached hydrogen (secondary N) is 6. The number of urea groups is 1. The number of hydrogen-bond acceptors (Lipinski definition) is 15. The van der Waals surface area contributed by atoms with Crippen molar-refractivity contribution in [3.8, 4) is 0 Å². The second-order valence-corrected chi connectivity index (χ2v) is 23.2. The lowest BCUT2D eigenvalue weighted by Gasteiger charge is -2.33. The van der Waals surface area contributed by atoms with Gasteiger partial charge in [-0.25, -0.2) is 18.0 Å². The molecule has 8 N–H and O–H groups in total. The van der Waals surface area contributed by atoms with Gasteiger partial charge in [0.05, 0.1) is 69.2 Å². The first kappa shape index (κ1) is 61.2. The number of benzene rings is 3. The number of ether oxygens (including phenoxy) is 5. The third kappa shape index (κ3) is 20.7. The van der Waals surface area contributed by atoms with E-state index in [1.165, 1.54) is 28.6 Å². The molecule has 0 spiro atoms. The van der Waals surface area contributed by atoms with Crippen LogP contribution in [0.15, 0.2) is 83.8 Å². The van der Waals surface area contributed by atoms with Crippen LogP contribution in [0.5, 0.6) is 0 Å². The Morgan fingerprint density at radius 2 is 1.45 bits per heavy atom. The van der Waals surface area contributed by atoms with Crippen molar-refractivity contribution >= 4 is 63.3 Å².